The molecule has 94 valence electrons. The first-order chi connectivity index (χ1) is 8.08. The number of ether oxygens (including phenoxy) is 1. The van der Waals surface area contributed by atoms with Gasteiger partial charge in [0.05, 0.1) is 18.2 Å². The van der Waals surface area contributed by atoms with Crippen molar-refractivity contribution in [3.63, 3.8) is 0 Å². The van der Waals surface area contributed by atoms with E-state index >= 15 is 0 Å². The van der Waals surface area contributed by atoms with E-state index in [1.54, 1.807) is 18.2 Å². The van der Waals surface area contributed by atoms with Crippen LogP contribution < -0.4 is 15.8 Å². The van der Waals surface area contributed by atoms with Crippen molar-refractivity contribution in [2.45, 2.75) is 25.8 Å². The van der Waals surface area contributed by atoms with Crippen LogP contribution >= 0.6 is 11.6 Å². The second-order valence-corrected chi connectivity index (χ2v) is 4.14. The van der Waals surface area contributed by atoms with Gasteiger partial charge in [-0.2, -0.15) is 0 Å². The van der Waals surface area contributed by atoms with E-state index in [1.165, 1.54) is 7.11 Å². The predicted molar refractivity (Wildman–Crippen MR) is 69.5 cm³/mol. The van der Waals surface area contributed by atoms with Gasteiger partial charge in [0.1, 0.15) is 5.75 Å². The van der Waals surface area contributed by atoms with Crippen LogP contribution in [-0.2, 0) is 4.79 Å². The third-order valence-corrected chi connectivity index (χ3v) is 2.67. The zero-order chi connectivity index (χ0) is 12.8. The van der Waals surface area contributed by atoms with Gasteiger partial charge in [0.2, 0.25) is 5.91 Å². The van der Waals surface area contributed by atoms with Crippen LogP contribution in [0.4, 0.5) is 5.69 Å². The quantitative estimate of drug-likeness (QED) is 0.850. The molecular weight excluding hydrogens is 240 g/mol. The van der Waals surface area contributed by atoms with Gasteiger partial charge in [-0.1, -0.05) is 24.9 Å². The molecule has 1 atom stereocenters. The average Bonchev–Trinajstić information content (AvgIpc) is 2.31. The Bertz CT molecular complexity index is 396. The normalized spacial score (nSPS) is 12.0. The van der Waals surface area contributed by atoms with Crippen LogP contribution in [0.1, 0.15) is 19.8 Å². The van der Waals surface area contributed by atoms with E-state index < -0.39 is 6.04 Å². The van der Waals surface area contributed by atoms with Gasteiger partial charge in [0.15, 0.2) is 0 Å². The molecule has 0 saturated carbocycles. The molecule has 1 aromatic carbocycles. The molecule has 0 saturated heterocycles. The van der Waals surface area contributed by atoms with Crippen molar-refractivity contribution in [2.75, 3.05) is 12.4 Å². The van der Waals surface area contributed by atoms with E-state index in [0.29, 0.717) is 22.9 Å². The van der Waals surface area contributed by atoms with Crippen molar-refractivity contribution in [1.82, 2.24) is 0 Å². The van der Waals surface area contributed by atoms with E-state index in [4.69, 9.17) is 22.1 Å². The average molecular weight is 257 g/mol. The largest absolute Gasteiger partial charge is 0.495 e. The second kappa shape index (κ2) is 6.47. The Kier molecular flexibility index (Phi) is 5.25. The Morgan fingerprint density at radius 1 is 1.59 bits per heavy atom. The Morgan fingerprint density at radius 3 is 2.88 bits per heavy atom. The summed E-state index contributed by atoms with van der Waals surface area (Å²) < 4.78 is 5.06. The zero-order valence-corrected chi connectivity index (χ0v) is 10.8. The van der Waals surface area contributed by atoms with Gasteiger partial charge in [0.25, 0.3) is 0 Å². The lowest BCUT2D eigenvalue weighted by Gasteiger charge is -2.12. The van der Waals surface area contributed by atoms with Gasteiger partial charge in [-0.3, -0.25) is 4.79 Å². The third kappa shape index (κ3) is 3.91. The van der Waals surface area contributed by atoms with Crippen LogP contribution in [0.5, 0.6) is 5.75 Å². The Hall–Kier alpha value is -1.26. The first-order valence-electron chi connectivity index (χ1n) is 5.48. The molecule has 0 bridgehead atoms. The first-order valence-corrected chi connectivity index (χ1v) is 5.86. The topological polar surface area (TPSA) is 64.4 Å². The Labute approximate surface area is 106 Å². The number of carbonyl (C=O) groups excluding carboxylic acids is 1. The number of nitrogens with one attached hydrogen (secondary N) is 1. The summed E-state index contributed by atoms with van der Waals surface area (Å²) in [6.07, 6.45) is 1.54. The minimum absolute atomic E-state index is 0.198. The van der Waals surface area contributed by atoms with E-state index in [2.05, 4.69) is 5.32 Å². The molecule has 1 amide bonds. The monoisotopic (exact) mass is 256 g/mol. The highest BCUT2D eigenvalue weighted by Crippen LogP contribution is 2.27. The second-order valence-electron chi connectivity index (χ2n) is 3.73. The predicted octanol–water partition coefficient (Wildman–Crippen LogP) is 2.41. The Balaban J connectivity index is 2.71. The third-order valence-electron chi connectivity index (χ3n) is 2.36. The SMILES string of the molecule is CCCC(N)C(=O)Nc1ccc(Cl)c(OC)c1. The smallest absolute Gasteiger partial charge is 0.241 e. The molecule has 4 nitrogen and oxygen atoms in total. The highest BCUT2D eigenvalue weighted by atomic mass is 35.5. The summed E-state index contributed by atoms with van der Waals surface area (Å²) >= 11 is 5.88. The summed E-state index contributed by atoms with van der Waals surface area (Å²) in [7, 11) is 1.52. The van der Waals surface area contributed by atoms with E-state index in [1.807, 2.05) is 6.92 Å². The summed E-state index contributed by atoms with van der Waals surface area (Å²) in [6, 6.07) is 4.56. The molecule has 0 radical (unpaired) electrons. The fraction of sp³-hybridized carbons (Fsp3) is 0.417. The van der Waals surface area contributed by atoms with Crippen LogP contribution in [0.15, 0.2) is 18.2 Å². The number of rotatable bonds is 5. The van der Waals surface area contributed by atoms with Gasteiger partial charge >= 0.3 is 0 Å². The summed E-state index contributed by atoms with van der Waals surface area (Å²) in [5.74, 6) is 0.324. The number of amides is 1. The molecule has 0 aliphatic heterocycles. The van der Waals surface area contributed by atoms with E-state index in [-0.39, 0.29) is 5.91 Å². The number of anilines is 1. The number of benzene rings is 1. The van der Waals surface area contributed by atoms with Gasteiger partial charge in [-0.05, 0) is 18.6 Å². The molecule has 0 fully saturated rings. The van der Waals surface area contributed by atoms with Crippen LogP contribution in [0.2, 0.25) is 5.02 Å². The minimum atomic E-state index is -0.485. The standard InChI is InChI=1S/C12H17ClN2O2/c1-3-4-10(14)12(16)15-8-5-6-9(13)11(7-8)17-2/h5-7,10H,3-4,14H2,1-2H3,(H,15,16). The number of nitrogens with two attached hydrogens (primary N) is 1. The summed E-state index contributed by atoms with van der Waals surface area (Å²) in [6.45, 7) is 1.98. The maximum atomic E-state index is 11.7. The maximum Gasteiger partial charge on any atom is 0.241 e. The van der Waals surface area contributed by atoms with Crippen molar-refractivity contribution < 1.29 is 9.53 Å². The summed E-state index contributed by atoms with van der Waals surface area (Å²) in [5.41, 5.74) is 6.33. The molecule has 0 aliphatic carbocycles. The lowest BCUT2D eigenvalue weighted by molar-refractivity contribution is -0.117. The number of halogens is 1. The van der Waals surface area contributed by atoms with Gasteiger partial charge in [0, 0.05) is 11.8 Å². The van der Waals surface area contributed by atoms with Gasteiger partial charge in [-0.25, -0.2) is 0 Å². The molecule has 0 aliphatic rings. The summed E-state index contributed by atoms with van der Waals surface area (Å²) in [5, 5.41) is 3.23. The molecular formula is C12H17ClN2O2. The minimum Gasteiger partial charge on any atom is -0.495 e. The fourth-order valence-corrected chi connectivity index (χ4v) is 1.61. The molecule has 3 N–H and O–H groups in total. The van der Waals surface area contributed by atoms with Crippen molar-refractivity contribution >= 4 is 23.2 Å². The molecule has 1 aromatic rings. The van der Waals surface area contributed by atoms with Crippen LogP contribution in [0.3, 0.4) is 0 Å². The molecule has 17 heavy (non-hydrogen) atoms. The number of methoxy groups -OCH3 is 1. The fourth-order valence-electron chi connectivity index (χ4n) is 1.41. The Morgan fingerprint density at radius 2 is 2.29 bits per heavy atom. The van der Waals surface area contributed by atoms with Crippen LogP contribution in [0, 0.1) is 0 Å². The molecule has 0 aromatic heterocycles. The van der Waals surface area contributed by atoms with Crippen molar-refractivity contribution in [1.29, 1.82) is 0 Å². The van der Waals surface area contributed by atoms with Crippen molar-refractivity contribution in [2.24, 2.45) is 5.73 Å². The molecule has 0 spiro atoms. The van der Waals surface area contributed by atoms with Crippen molar-refractivity contribution in [3.05, 3.63) is 23.2 Å². The molecule has 0 heterocycles. The van der Waals surface area contributed by atoms with E-state index in [9.17, 15) is 4.79 Å². The highest BCUT2D eigenvalue weighted by Gasteiger charge is 2.13. The van der Waals surface area contributed by atoms with Crippen LogP contribution in [0.25, 0.3) is 0 Å². The number of hydrogen-bond acceptors (Lipinski definition) is 3. The highest BCUT2D eigenvalue weighted by molar-refractivity contribution is 6.32. The lowest BCUT2D eigenvalue weighted by Crippen LogP contribution is -2.35. The van der Waals surface area contributed by atoms with Gasteiger partial charge < -0.3 is 15.8 Å². The molecule has 1 rings (SSSR count). The number of hydrogen-bond donors (Lipinski definition) is 2. The lowest BCUT2D eigenvalue weighted by atomic mass is 10.1. The molecule has 1 unspecified atom stereocenters. The van der Waals surface area contributed by atoms with Crippen LogP contribution in [-0.4, -0.2) is 19.1 Å². The maximum absolute atomic E-state index is 11.7. The van der Waals surface area contributed by atoms with Gasteiger partial charge in [-0.15, -0.1) is 0 Å². The zero-order valence-electron chi connectivity index (χ0n) is 10.00. The number of carbonyl (C=O) groups is 1. The first kappa shape index (κ1) is 13.8. The summed E-state index contributed by atoms with van der Waals surface area (Å²) in [4.78, 5) is 11.7. The van der Waals surface area contributed by atoms with Crippen molar-refractivity contribution in [3.8, 4) is 5.75 Å². The van der Waals surface area contributed by atoms with E-state index in [0.717, 1.165) is 6.42 Å². The molecule has 5 heteroatoms.